The number of nitrogens with zero attached hydrogens (tertiary/aromatic N) is 1. The Kier molecular flexibility index (Phi) is 6.28. The number of rotatable bonds is 5. The number of ether oxygens (including phenoxy) is 1. The molecule has 0 saturated heterocycles. The van der Waals surface area contributed by atoms with Crippen LogP contribution in [-0.2, 0) is 6.54 Å². The average Bonchev–Trinajstić information content (AvgIpc) is 3.28. The summed E-state index contributed by atoms with van der Waals surface area (Å²) in [5, 5.41) is 5.06. The summed E-state index contributed by atoms with van der Waals surface area (Å²) in [6, 6.07) is 14.2. The van der Waals surface area contributed by atoms with Crippen LogP contribution in [0.1, 0.15) is 42.4 Å². The third kappa shape index (κ3) is 4.74. The molecule has 0 radical (unpaired) electrons. The average molecular weight is 436 g/mol. The van der Waals surface area contributed by atoms with Crippen molar-refractivity contribution in [2.45, 2.75) is 52.1 Å². The van der Waals surface area contributed by atoms with Gasteiger partial charge < -0.3 is 19.9 Å². The van der Waals surface area contributed by atoms with E-state index in [0.29, 0.717) is 17.7 Å². The second-order valence-electron chi connectivity index (χ2n) is 8.37. The van der Waals surface area contributed by atoms with Crippen molar-refractivity contribution < 1.29 is 4.74 Å². The first kappa shape index (κ1) is 21.4. The van der Waals surface area contributed by atoms with Crippen LogP contribution in [0.2, 0.25) is 0 Å². The zero-order valence-corrected chi connectivity index (χ0v) is 19.1. The van der Waals surface area contributed by atoms with E-state index in [0.717, 1.165) is 40.7 Å². The van der Waals surface area contributed by atoms with E-state index in [9.17, 15) is 4.79 Å². The van der Waals surface area contributed by atoms with Crippen LogP contribution in [0.5, 0.6) is 5.75 Å². The smallest absolute Gasteiger partial charge is 0.253 e. The fourth-order valence-corrected chi connectivity index (χ4v) is 4.61. The van der Waals surface area contributed by atoms with Gasteiger partial charge in [0.1, 0.15) is 5.75 Å². The van der Waals surface area contributed by atoms with Crippen LogP contribution in [0.25, 0.3) is 10.9 Å². The molecule has 1 saturated carbocycles. The predicted octanol–water partition coefficient (Wildman–Crippen LogP) is 5.30. The fraction of sp³-hybridized carbons (Fsp3) is 0.360. The topological polar surface area (TPSA) is 57.4 Å². The molecule has 1 heterocycles. The van der Waals surface area contributed by atoms with E-state index in [1.807, 2.05) is 36.4 Å². The Hall–Kier alpha value is -2.86. The first-order valence-electron chi connectivity index (χ1n) is 10.8. The summed E-state index contributed by atoms with van der Waals surface area (Å²) in [6.45, 7) is 4.65. The lowest BCUT2D eigenvalue weighted by molar-refractivity contribution is 0.311. The van der Waals surface area contributed by atoms with Gasteiger partial charge in [0.05, 0.1) is 13.7 Å². The van der Waals surface area contributed by atoms with Crippen molar-refractivity contribution in [2.75, 3.05) is 12.4 Å². The van der Waals surface area contributed by atoms with Gasteiger partial charge in [-0.3, -0.25) is 4.79 Å². The van der Waals surface area contributed by atoms with E-state index < -0.39 is 0 Å². The van der Waals surface area contributed by atoms with Crippen LogP contribution < -0.4 is 15.6 Å². The molecule has 0 atom stereocenters. The molecule has 6 heteroatoms. The lowest BCUT2D eigenvalue weighted by Crippen LogP contribution is -2.42. The number of pyridine rings is 1. The molecule has 2 N–H and O–H groups in total. The third-order valence-corrected chi connectivity index (χ3v) is 6.58. The highest BCUT2D eigenvalue weighted by atomic mass is 32.1. The highest BCUT2D eigenvalue weighted by Gasteiger charge is 2.26. The quantitative estimate of drug-likeness (QED) is 0.533. The molecular weight excluding hydrogens is 406 g/mol. The predicted molar refractivity (Wildman–Crippen MR) is 131 cm³/mol. The summed E-state index contributed by atoms with van der Waals surface area (Å²) in [5.41, 5.74) is 4.87. The molecule has 1 aliphatic carbocycles. The Balaban J connectivity index is 1.62. The highest BCUT2D eigenvalue weighted by molar-refractivity contribution is 7.80. The Morgan fingerprint density at radius 3 is 2.48 bits per heavy atom. The molecule has 2 aromatic carbocycles. The Labute approximate surface area is 188 Å². The monoisotopic (exact) mass is 435 g/mol. The van der Waals surface area contributed by atoms with Crippen molar-refractivity contribution in [3.05, 3.63) is 69.5 Å². The van der Waals surface area contributed by atoms with Crippen molar-refractivity contribution in [1.82, 2.24) is 9.88 Å². The summed E-state index contributed by atoms with van der Waals surface area (Å²) in [5.74, 6) is 0.803. The summed E-state index contributed by atoms with van der Waals surface area (Å²) < 4.78 is 5.24. The van der Waals surface area contributed by atoms with Crippen LogP contribution in [0, 0.1) is 13.8 Å². The van der Waals surface area contributed by atoms with E-state index in [1.54, 1.807) is 7.11 Å². The summed E-state index contributed by atoms with van der Waals surface area (Å²) in [4.78, 5) is 18.1. The van der Waals surface area contributed by atoms with Gasteiger partial charge in [-0.2, -0.15) is 0 Å². The number of thiocarbonyl (C=S) groups is 1. The number of anilines is 1. The third-order valence-electron chi connectivity index (χ3n) is 6.24. The normalized spacial score (nSPS) is 14.0. The van der Waals surface area contributed by atoms with Gasteiger partial charge in [-0.05, 0) is 97.9 Å². The Morgan fingerprint density at radius 2 is 1.81 bits per heavy atom. The molecule has 0 spiro atoms. The molecule has 4 rings (SSSR count). The van der Waals surface area contributed by atoms with Crippen molar-refractivity contribution in [1.29, 1.82) is 0 Å². The van der Waals surface area contributed by atoms with Crippen LogP contribution in [0.3, 0.4) is 0 Å². The van der Waals surface area contributed by atoms with Crippen LogP contribution in [-0.4, -0.2) is 28.1 Å². The van der Waals surface area contributed by atoms with E-state index >= 15 is 0 Å². The van der Waals surface area contributed by atoms with Crippen molar-refractivity contribution in [2.24, 2.45) is 0 Å². The van der Waals surface area contributed by atoms with Gasteiger partial charge in [-0.1, -0.05) is 12.8 Å². The lowest BCUT2D eigenvalue weighted by Gasteiger charge is -2.31. The lowest BCUT2D eigenvalue weighted by atomic mass is 10.0. The Morgan fingerprint density at radius 1 is 1.13 bits per heavy atom. The van der Waals surface area contributed by atoms with Gasteiger partial charge in [-0.25, -0.2) is 0 Å². The number of H-pyrrole nitrogens is 1. The van der Waals surface area contributed by atoms with Crippen molar-refractivity contribution in [3.8, 4) is 5.75 Å². The van der Waals surface area contributed by atoms with Gasteiger partial charge in [0.15, 0.2) is 5.11 Å². The van der Waals surface area contributed by atoms with Gasteiger partial charge in [0.2, 0.25) is 0 Å². The molecule has 3 aromatic rings. The maximum Gasteiger partial charge on any atom is 0.253 e. The maximum atomic E-state index is 12.9. The molecule has 31 heavy (non-hydrogen) atoms. The fourth-order valence-electron chi connectivity index (χ4n) is 4.28. The number of benzene rings is 2. The molecule has 162 valence electrons. The minimum Gasteiger partial charge on any atom is -0.497 e. The van der Waals surface area contributed by atoms with Crippen LogP contribution >= 0.6 is 12.2 Å². The second-order valence-corrected chi connectivity index (χ2v) is 8.76. The number of aryl methyl sites for hydroxylation is 2. The molecule has 1 aliphatic rings. The SMILES string of the molecule is COc1ccc(NC(=S)N(Cc2cc3cc(C)c(C)cc3[nH]c2=O)C2CCCC2)cc1. The number of methoxy groups -OCH3 is 1. The van der Waals surface area contributed by atoms with Crippen LogP contribution in [0.4, 0.5) is 5.69 Å². The van der Waals surface area contributed by atoms with E-state index in [-0.39, 0.29) is 5.56 Å². The number of hydrogen-bond donors (Lipinski definition) is 2. The molecule has 0 aliphatic heterocycles. The van der Waals surface area contributed by atoms with E-state index in [4.69, 9.17) is 17.0 Å². The number of fused-ring (bicyclic) bond motifs is 1. The minimum absolute atomic E-state index is 0.0500. The summed E-state index contributed by atoms with van der Waals surface area (Å²) in [7, 11) is 1.65. The van der Waals surface area contributed by atoms with Gasteiger partial charge in [0, 0.05) is 22.8 Å². The maximum absolute atomic E-state index is 12.9. The molecule has 1 aromatic heterocycles. The summed E-state index contributed by atoms with van der Waals surface area (Å²) >= 11 is 5.80. The number of aromatic nitrogens is 1. The van der Waals surface area contributed by atoms with Gasteiger partial charge in [0.25, 0.3) is 5.56 Å². The molecule has 0 bridgehead atoms. The number of nitrogens with one attached hydrogen (secondary N) is 2. The molecule has 1 fully saturated rings. The number of aromatic amines is 1. The van der Waals surface area contributed by atoms with Crippen molar-refractivity contribution in [3.63, 3.8) is 0 Å². The molecule has 0 amide bonds. The Bertz CT molecular complexity index is 1150. The summed E-state index contributed by atoms with van der Waals surface area (Å²) in [6.07, 6.45) is 4.57. The van der Waals surface area contributed by atoms with Crippen molar-refractivity contribution >= 4 is 33.9 Å². The van der Waals surface area contributed by atoms with E-state index in [2.05, 4.69) is 35.1 Å². The molecule has 0 unspecified atom stereocenters. The van der Waals surface area contributed by atoms with Gasteiger partial charge in [-0.15, -0.1) is 0 Å². The first-order valence-corrected chi connectivity index (χ1v) is 11.2. The van der Waals surface area contributed by atoms with Crippen LogP contribution in [0.15, 0.2) is 47.3 Å². The highest BCUT2D eigenvalue weighted by Crippen LogP contribution is 2.26. The molecular formula is C25H29N3O2S. The zero-order chi connectivity index (χ0) is 22.0. The van der Waals surface area contributed by atoms with Gasteiger partial charge >= 0.3 is 0 Å². The second kappa shape index (κ2) is 9.10. The van der Waals surface area contributed by atoms with E-state index in [1.165, 1.54) is 24.0 Å². The minimum atomic E-state index is -0.0500. The molecule has 5 nitrogen and oxygen atoms in total. The standard InChI is InChI=1S/C25H29N3O2S/c1-16-12-18-14-19(24(29)27-23(18)13-17(16)2)15-28(21-6-4-5-7-21)25(31)26-20-8-10-22(30-3)11-9-20/h8-14,21H,4-7,15H2,1-3H3,(H,26,31)(H,27,29). The largest absolute Gasteiger partial charge is 0.497 e. The zero-order valence-electron chi connectivity index (χ0n) is 18.3. The first-order chi connectivity index (χ1) is 14.9. The number of hydrogen-bond acceptors (Lipinski definition) is 3.